The summed E-state index contributed by atoms with van der Waals surface area (Å²) in [6, 6.07) is 0. The minimum Gasteiger partial charge on any atom is -0.338 e. The standard InChI is InChI=1S/C16H22N2O2/c1-8(2)12-13-9(3)18-20-15(13)17-10-6-16(4,5)7-11(19)14(10)12/h8,12,17H,6-7H2,1-5H3. The third-order valence-corrected chi connectivity index (χ3v) is 4.38. The van der Waals surface area contributed by atoms with Crippen LogP contribution in [0.15, 0.2) is 15.8 Å². The van der Waals surface area contributed by atoms with Gasteiger partial charge in [-0.05, 0) is 24.7 Å². The number of aromatic nitrogens is 1. The van der Waals surface area contributed by atoms with Gasteiger partial charge in [-0.15, -0.1) is 0 Å². The molecule has 108 valence electrons. The lowest BCUT2D eigenvalue weighted by atomic mass is 9.68. The van der Waals surface area contributed by atoms with Crippen LogP contribution in [0.25, 0.3) is 0 Å². The Morgan fingerprint density at radius 3 is 2.70 bits per heavy atom. The second-order valence-electron chi connectivity index (χ2n) is 7.19. The molecule has 2 aliphatic rings. The summed E-state index contributed by atoms with van der Waals surface area (Å²) in [5.41, 5.74) is 3.95. The van der Waals surface area contributed by atoms with Crippen LogP contribution in [0.5, 0.6) is 0 Å². The summed E-state index contributed by atoms with van der Waals surface area (Å²) in [5.74, 6) is 1.46. The highest BCUT2D eigenvalue weighted by molar-refractivity contribution is 6.00. The molecule has 4 heteroatoms. The number of aryl methyl sites for hydroxylation is 1. The van der Waals surface area contributed by atoms with E-state index in [1.165, 1.54) is 0 Å². The number of nitrogens with one attached hydrogen (secondary N) is 1. The molecule has 20 heavy (non-hydrogen) atoms. The number of rotatable bonds is 1. The van der Waals surface area contributed by atoms with Crippen molar-refractivity contribution in [2.45, 2.75) is 53.4 Å². The van der Waals surface area contributed by atoms with Crippen molar-refractivity contribution in [3.05, 3.63) is 22.5 Å². The Hall–Kier alpha value is -1.58. The van der Waals surface area contributed by atoms with Gasteiger partial charge in [0, 0.05) is 29.2 Å². The molecule has 1 aromatic heterocycles. The number of Topliss-reactive ketones (excluding diaryl/α,β-unsaturated/α-hetero) is 1. The molecule has 4 nitrogen and oxygen atoms in total. The largest absolute Gasteiger partial charge is 0.338 e. The smallest absolute Gasteiger partial charge is 0.232 e. The number of allylic oxidation sites excluding steroid dienone is 2. The van der Waals surface area contributed by atoms with E-state index in [2.05, 4.69) is 38.2 Å². The molecule has 1 atom stereocenters. The number of carbonyl (C=O) groups is 1. The summed E-state index contributed by atoms with van der Waals surface area (Å²) in [6.45, 7) is 10.5. The first-order chi connectivity index (χ1) is 9.30. The van der Waals surface area contributed by atoms with Gasteiger partial charge in [-0.25, -0.2) is 0 Å². The van der Waals surface area contributed by atoms with E-state index < -0.39 is 0 Å². The van der Waals surface area contributed by atoms with Crippen molar-refractivity contribution < 1.29 is 9.32 Å². The zero-order chi connectivity index (χ0) is 14.7. The van der Waals surface area contributed by atoms with Gasteiger partial charge in [0.2, 0.25) is 5.88 Å². The van der Waals surface area contributed by atoms with Crippen molar-refractivity contribution in [2.24, 2.45) is 11.3 Å². The molecule has 1 unspecified atom stereocenters. The van der Waals surface area contributed by atoms with Gasteiger partial charge in [-0.2, -0.15) is 0 Å². The van der Waals surface area contributed by atoms with Crippen LogP contribution < -0.4 is 5.32 Å². The molecule has 0 spiro atoms. The van der Waals surface area contributed by atoms with Crippen LogP contribution in [-0.2, 0) is 4.79 Å². The molecule has 1 aliphatic heterocycles. The van der Waals surface area contributed by atoms with Gasteiger partial charge in [0.1, 0.15) is 0 Å². The lowest BCUT2D eigenvalue weighted by Crippen LogP contribution is -2.34. The van der Waals surface area contributed by atoms with Crippen molar-refractivity contribution in [1.82, 2.24) is 5.16 Å². The monoisotopic (exact) mass is 274 g/mol. The van der Waals surface area contributed by atoms with E-state index in [0.717, 1.165) is 34.8 Å². The van der Waals surface area contributed by atoms with Gasteiger partial charge < -0.3 is 9.84 Å². The van der Waals surface area contributed by atoms with Crippen LogP contribution in [0.4, 0.5) is 5.88 Å². The van der Waals surface area contributed by atoms with Crippen molar-refractivity contribution >= 4 is 11.7 Å². The quantitative estimate of drug-likeness (QED) is 0.846. The van der Waals surface area contributed by atoms with Gasteiger partial charge >= 0.3 is 0 Å². The highest BCUT2D eigenvalue weighted by atomic mass is 16.5. The first-order valence-corrected chi connectivity index (χ1v) is 7.29. The number of hydrogen-bond donors (Lipinski definition) is 1. The lowest BCUT2D eigenvalue weighted by Gasteiger charge is -2.38. The van der Waals surface area contributed by atoms with Crippen LogP contribution >= 0.6 is 0 Å². The fourth-order valence-electron chi connectivity index (χ4n) is 3.59. The molecule has 1 aromatic rings. The maximum Gasteiger partial charge on any atom is 0.232 e. The van der Waals surface area contributed by atoms with E-state index in [-0.39, 0.29) is 17.1 Å². The maximum absolute atomic E-state index is 12.7. The van der Waals surface area contributed by atoms with Gasteiger partial charge in [0.25, 0.3) is 0 Å². The Morgan fingerprint density at radius 2 is 2.05 bits per heavy atom. The van der Waals surface area contributed by atoms with Gasteiger partial charge in [0.15, 0.2) is 5.78 Å². The lowest BCUT2D eigenvalue weighted by molar-refractivity contribution is -0.118. The minimum atomic E-state index is 0.0109. The van der Waals surface area contributed by atoms with E-state index >= 15 is 0 Å². The fraction of sp³-hybridized carbons (Fsp3) is 0.625. The van der Waals surface area contributed by atoms with Crippen LogP contribution in [0, 0.1) is 18.3 Å². The maximum atomic E-state index is 12.7. The molecule has 1 aliphatic carbocycles. The molecule has 0 saturated carbocycles. The number of anilines is 1. The molecule has 0 radical (unpaired) electrons. The Bertz CT molecular complexity index is 608. The highest BCUT2D eigenvalue weighted by Gasteiger charge is 2.43. The second-order valence-corrected chi connectivity index (χ2v) is 7.19. The summed E-state index contributed by atoms with van der Waals surface area (Å²) in [7, 11) is 0. The zero-order valence-corrected chi connectivity index (χ0v) is 12.8. The molecular formula is C16H22N2O2. The number of nitrogens with zero attached hydrogens (tertiary/aromatic N) is 1. The fourth-order valence-corrected chi connectivity index (χ4v) is 3.59. The highest BCUT2D eigenvalue weighted by Crippen LogP contribution is 2.49. The van der Waals surface area contributed by atoms with E-state index in [9.17, 15) is 4.79 Å². The molecule has 0 saturated heterocycles. The first kappa shape index (κ1) is 13.4. The van der Waals surface area contributed by atoms with Crippen molar-refractivity contribution in [3.8, 4) is 0 Å². The van der Waals surface area contributed by atoms with Crippen LogP contribution in [0.2, 0.25) is 0 Å². The van der Waals surface area contributed by atoms with Crippen molar-refractivity contribution in [2.75, 3.05) is 5.32 Å². The first-order valence-electron chi connectivity index (χ1n) is 7.29. The normalized spacial score (nSPS) is 24.5. The summed E-state index contributed by atoms with van der Waals surface area (Å²) in [6.07, 6.45) is 1.51. The third-order valence-electron chi connectivity index (χ3n) is 4.38. The molecule has 0 amide bonds. The molecule has 2 heterocycles. The van der Waals surface area contributed by atoms with Crippen LogP contribution in [0.1, 0.15) is 57.7 Å². The predicted molar refractivity (Wildman–Crippen MR) is 77.5 cm³/mol. The van der Waals surface area contributed by atoms with Gasteiger partial charge in [-0.1, -0.05) is 32.9 Å². The second kappa shape index (κ2) is 4.21. The van der Waals surface area contributed by atoms with E-state index in [1.807, 2.05) is 6.92 Å². The van der Waals surface area contributed by atoms with Crippen molar-refractivity contribution in [3.63, 3.8) is 0 Å². The van der Waals surface area contributed by atoms with E-state index in [0.29, 0.717) is 12.3 Å². The SMILES string of the molecule is Cc1noc2c1C(C(C)C)C1=C(CC(C)(C)CC1=O)N2. The van der Waals surface area contributed by atoms with E-state index in [4.69, 9.17) is 4.52 Å². The molecule has 0 fully saturated rings. The molecule has 1 N–H and O–H groups in total. The zero-order valence-electron chi connectivity index (χ0n) is 12.8. The Labute approximate surface area is 119 Å². The Morgan fingerprint density at radius 1 is 1.35 bits per heavy atom. The minimum absolute atomic E-state index is 0.0109. The van der Waals surface area contributed by atoms with Crippen molar-refractivity contribution in [1.29, 1.82) is 0 Å². The number of hydrogen-bond acceptors (Lipinski definition) is 4. The number of ketones is 1. The van der Waals surface area contributed by atoms with Gasteiger partial charge in [-0.3, -0.25) is 4.79 Å². The topological polar surface area (TPSA) is 55.1 Å². The predicted octanol–water partition coefficient (Wildman–Crippen LogP) is 3.79. The summed E-state index contributed by atoms with van der Waals surface area (Å²) in [5, 5.41) is 7.39. The summed E-state index contributed by atoms with van der Waals surface area (Å²) < 4.78 is 5.41. The molecule has 0 aromatic carbocycles. The number of fused-ring (bicyclic) bond motifs is 1. The third kappa shape index (κ3) is 1.89. The number of carbonyl (C=O) groups excluding carboxylic acids is 1. The molecular weight excluding hydrogens is 252 g/mol. The van der Waals surface area contributed by atoms with Gasteiger partial charge in [0.05, 0.1) is 5.69 Å². The average Bonchev–Trinajstić information content (AvgIpc) is 2.66. The van der Waals surface area contributed by atoms with Crippen LogP contribution in [0.3, 0.4) is 0 Å². The van der Waals surface area contributed by atoms with E-state index in [1.54, 1.807) is 0 Å². The summed E-state index contributed by atoms with van der Waals surface area (Å²) in [4.78, 5) is 12.7. The average molecular weight is 274 g/mol. The molecule has 3 rings (SSSR count). The van der Waals surface area contributed by atoms with Crippen LogP contribution in [-0.4, -0.2) is 10.9 Å². The Kier molecular flexibility index (Phi) is 2.82. The Balaban J connectivity index is 2.16. The molecule has 0 bridgehead atoms. The summed E-state index contributed by atoms with van der Waals surface area (Å²) >= 11 is 0.